The van der Waals surface area contributed by atoms with Crippen LogP contribution >= 0.6 is 11.6 Å². The Labute approximate surface area is 184 Å². The molecule has 0 bridgehead atoms. The lowest BCUT2D eigenvalue weighted by molar-refractivity contribution is -0.0321. The molecule has 0 atom stereocenters. The number of fused-ring (bicyclic) bond motifs is 1. The van der Waals surface area contributed by atoms with Gasteiger partial charge in [0, 0.05) is 31.6 Å². The second-order valence-electron chi connectivity index (χ2n) is 7.90. The van der Waals surface area contributed by atoms with Gasteiger partial charge in [0.1, 0.15) is 23.4 Å². The second-order valence-corrected chi connectivity index (χ2v) is 8.34. The first-order chi connectivity index (χ1) is 15.1. The van der Waals surface area contributed by atoms with Crippen molar-refractivity contribution >= 4 is 40.4 Å². The number of nitrogens with one attached hydrogen (secondary N) is 2. The molecule has 0 unspecified atom stereocenters. The Morgan fingerprint density at radius 2 is 2.16 bits per heavy atom. The van der Waals surface area contributed by atoms with Crippen molar-refractivity contribution < 1.29 is 14.3 Å². The Morgan fingerprint density at radius 1 is 1.32 bits per heavy atom. The van der Waals surface area contributed by atoms with Gasteiger partial charge in [-0.1, -0.05) is 11.6 Å². The number of ether oxygens (including phenoxy) is 2. The molecule has 10 heteroatoms. The van der Waals surface area contributed by atoms with Gasteiger partial charge < -0.3 is 20.1 Å². The van der Waals surface area contributed by atoms with E-state index in [4.69, 9.17) is 21.1 Å². The van der Waals surface area contributed by atoms with Crippen LogP contribution in [-0.4, -0.2) is 51.7 Å². The number of nitrogens with zero attached hydrogens (tertiary/aromatic N) is 4. The molecule has 1 saturated carbocycles. The standard InChI is InChI=1S/C21H23ClN6O3/c1-23-19-7-18(26-16-6-13(22)8-24-21(16)31-14-3-2-4-14)27-20-15(9-25-28(19)20)17(29)5-12-10-30-11-12/h6-9,12,14,23H,2-5,10-11H2,1H3,(H,26,27). The van der Waals surface area contributed by atoms with Crippen LogP contribution in [0.3, 0.4) is 0 Å². The summed E-state index contributed by atoms with van der Waals surface area (Å²) in [5.74, 6) is 1.97. The Balaban J connectivity index is 1.48. The van der Waals surface area contributed by atoms with E-state index in [1.807, 2.05) is 6.07 Å². The zero-order chi connectivity index (χ0) is 21.4. The van der Waals surface area contributed by atoms with Gasteiger partial charge in [-0.25, -0.2) is 9.97 Å². The highest BCUT2D eigenvalue weighted by atomic mass is 35.5. The van der Waals surface area contributed by atoms with Crippen LogP contribution in [0, 0.1) is 5.92 Å². The quantitative estimate of drug-likeness (QED) is 0.509. The number of carbonyl (C=O) groups is 1. The molecule has 4 heterocycles. The summed E-state index contributed by atoms with van der Waals surface area (Å²) in [4.78, 5) is 21.8. The van der Waals surface area contributed by atoms with E-state index in [1.54, 1.807) is 30.0 Å². The number of hydrogen-bond donors (Lipinski definition) is 2. The molecular weight excluding hydrogens is 420 g/mol. The molecule has 0 aromatic carbocycles. The highest BCUT2D eigenvalue weighted by Gasteiger charge is 2.25. The van der Waals surface area contributed by atoms with Crippen LogP contribution in [0.15, 0.2) is 24.5 Å². The van der Waals surface area contributed by atoms with Crippen LogP contribution in [0.4, 0.5) is 17.3 Å². The molecule has 2 aliphatic rings. The average Bonchev–Trinajstić information content (AvgIpc) is 3.12. The lowest BCUT2D eigenvalue weighted by atomic mass is 9.96. The lowest BCUT2D eigenvalue weighted by Gasteiger charge is -2.26. The molecule has 5 rings (SSSR count). The smallest absolute Gasteiger partial charge is 0.238 e. The van der Waals surface area contributed by atoms with E-state index in [9.17, 15) is 4.79 Å². The summed E-state index contributed by atoms with van der Waals surface area (Å²) in [5, 5.41) is 11.2. The molecule has 31 heavy (non-hydrogen) atoms. The van der Waals surface area contributed by atoms with E-state index in [0.29, 0.717) is 59.1 Å². The number of carbonyl (C=O) groups excluding carboxylic acids is 1. The molecule has 3 aromatic heterocycles. The SMILES string of the molecule is CNc1cc(Nc2cc(Cl)cnc2OC2CCC2)nc2c(C(=O)CC3COC3)cnn12. The topological polar surface area (TPSA) is 103 Å². The monoisotopic (exact) mass is 442 g/mol. The number of pyridine rings is 1. The van der Waals surface area contributed by atoms with Crippen molar-refractivity contribution in [2.24, 2.45) is 5.92 Å². The molecule has 2 N–H and O–H groups in total. The lowest BCUT2D eigenvalue weighted by Crippen LogP contribution is -2.29. The minimum absolute atomic E-state index is 0.00781. The van der Waals surface area contributed by atoms with Gasteiger partial charge in [0.05, 0.1) is 30.0 Å². The van der Waals surface area contributed by atoms with E-state index < -0.39 is 0 Å². The van der Waals surface area contributed by atoms with E-state index in [0.717, 1.165) is 19.3 Å². The summed E-state index contributed by atoms with van der Waals surface area (Å²) >= 11 is 6.18. The largest absolute Gasteiger partial charge is 0.473 e. The van der Waals surface area contributed by atoms with Crippen molar-refractivity contribution in [2.45, 2.75) is 31.8 Å². The van der Waals surface area contributed by atoms with Gasteiger partial charge in [0.15, 0.2) is 11.4 Å². The van der Waals surface area contributed by atoms with Gasteiger partial charge in [-0.2, -0.15) is 9.61 Å². The maximum absolute atomic E-state index is 12.8. The fourth-order valence-electron chi connectivity index (χ4n) is 3.57. The van der Waals surface area contributed by atoms with Crippen molar-refractivity contribution in [3.8, 4) is 5.88 Å². The van der Waals surface area contributed by atoms with E-state index >= 15 is 0 Å². The van der Waals surface area contributed by atoms with Crippen molar-refractivity contribution in [3.05, 3.63) is 35.1 Å². The first-order valence-electron chi connectivity index (χ1n) is 10.4. The fourth-order valence-corrected chi connectivity index (χ4v) is 3.73. The maximum Gasteiger partial charge on any atom is 0.238 e. The van der Waals surface area contributed by atoms with E-state index in [2.05, 4.69) is 25.7 Å². The number of halogens is 1. The zero-order valence-electron chi connectivity index (χ0n) is 17.1. The number of hydrogen-bond acceptors (Lipinski definition) is 8. The molecule has 2 fully saturated rings. The maximum atomic E-state index is 12.8. The highest BCUT2D eigenvalue weighted by molar-refractivity contribution is 6.30. The van der Waals surface area contributed by atoms with Gasteiger partial charge in [0.25, 0.3) is 0 Å². The first-order valence-corrected chi connectivity index (χ1v) is 10.7. The van der Waals surface area contributed by atoms with Gasteiger partial charge in [-0.05, 0) is 25.3 Å². The predicted octanol–water partition coefficient (Wildman–Crippen LogP) is 3.71. The van der Waals surface area contributed by atoms with Crippen molar-refractivity contribution in [1.29, 1.82) is 0 Å². The van der Waals surface area contributed by atoms with Crippen molar-refractivity contribution in [1.82, 2.24) is 19.6 Å². The van der Waals surface area contributed by atoms with E-state index in [1.165, 1.54) is 0 Å². The molecular formula is C21H23ClN6O3. The van der Waals surface area contributed by atoms with Crippen LogP contribution in [0.25, 0.3) is 5.65 Å². The normalized spacial score (nSPS) is 16.6. The average molecular weight is 443 g/mol. The summed E-state index contributed by atoms with van der Waals surface area (Å²) in [7, 11) is 1.79. The van der Waals surface area contributed by atoms with Crippen molar-refractivity contribution in [3.63, 3.8) is 0 Å². The molecule has 1 aliphatic carbocycles. The molecule has 0 spiro atoms. The number of aromatic nitrogens is 4. The Hall–Kier alpha value is -2.91. The van der Waals surface area contributed by atoms with Crippen LogP contribution in [0.2, 0.25) is 5.02 Å². The predicted molar refractivity (Wildman–Crippen MR) is 117 cm³/mol. The molecule has 1 aliphatic heterocycles. The number of Topliss-reactive ketones (excluding diaryl/α,β-unsaturated/α-hetero) is 1. The van der Waals surface area contributed by atoms with Crippen LogP contribution < -0.4 is 15.4 Å². The molecule has 9 nitrogen and oxygen atoms in total. The zero-order valence-corrected chi connectivity index (χ0v) is 17.9. The summed E-state index contributed by atoms with van der Waals surface area (Å²) in [6.07, 6.45) is 6.93. The summed E-state index contributed by atoms with van der Waals surface area (Å²) in [5.41, 5.74) is 1.59. The molecule has 0 amide bonds. The van der Waals surface area contributed by atoms with Crippen LogP contribution in [0.5, 0.6) is 5.88 Å². The van der Waals surface area contributed by atoms with Crippen LogP contribution in [-0.2, 0) is 4.74 Å². The minimum Gasteiger partial charge on any atom is -0.473 e. The summed E-state index contributed by atoms with van der Waals surface area (Å²) < 4.78 is 12.8. The van der Waals surface area contributed by atoms with E-state index in [-0.39, 0.29) is 17.8 Å². The summed E-state index contributed by atoms with van der Waals surface area (Å²) in [6.45, 7) is 1.25. The highest BCUT2D eigenvalue weighted by Crippen LogP contribution is 2.33. The summed E-state index contributed by atoms with van der Waals surface area (Å²) in [6, 6.07) is 3.56. The third kappa shape index (κ3) is 4.03. The van der Waals surface area contributed by atoms with Gasteiger partial charge in [-0.3, -0.25) is 4.79 Å². The molecule has 1 saturated heterocycles. The number of ketones is 1. The Kier molecular flexibility index (Phi) is 5.37. The third-order valence-corrected chi connectivity index (χ3v) is 5.83. The Morgan fingerprint density at radius 3 is 2.84 bits per heavy atom. The van der Waals surface area contributed by atoms with Gasteiger partial charge >= 0.3 is 0 Å². The third-order valence-electron chi connectivity index (χ3n) is 5.62. The second kappa shape index (κ2) is 8.32. The van der Waals surface area contributed by atoms with Crippen molar-refractivity contribution in [2.75, 3.05) is 30.9 Å². The molecule has 0 radical (unpaired) electrons. The number of rotatable bonds is 8. The van der Waals surface area contributed by atoms with Crippen LogP contribution in [0.1, 0.15) is 36.0 Å². The first kappa shape index (κ1) is 20.0. The van der Waals surface area contributed by atoms with Gasteiger partial charge in [-0.15, -0.1) is 0 Å². The molecule has 3 aromatic rings. The van der Waals surface area contributed by atoms with Gasteiger partial charge in [0.2, 0.25) is 5.88 Å². The Bertz CT molecular complexity index is 1130. The fraction of sp³-hybridized carbons (Fsp3) is 0.429. The molecule has 162 valence electrons. The minimum atomic E-state index is 0.00781. The number of anilines is 3.